The van der Waals surface area contributed by atoms with Gasteiger partial charge in [0.15, 0.2) is 0 Å². The lowest BCUT2D eigenvalue weighted by molar-refractivity contribution is -0.117. The first-order valence-electron chi connectivity index (χ1n) is 14.3. The summed E-state index contributed by atoms with van der Waals surface area (Å²) in [6.45, 7) is 1.15. The molecule has 0 saturated carbocycles. The first kappa shape index (κ1) is 31.4. The van der Waals surface area contributed by atoms with E-state index in [1.165, 1.54) is 65.0 Å². The van der Waals surface area contributed by atoms with Crippen LogP contribution in [0.2, 0.25) is 0 Å². The molecule has 0 radical (unpaired) electrons. The number of halogens is 3. The zero-order valence-electron chi connectivity index (χ0n) is 23.8. The summed E-state index contributed by atoms with van der Waals surface area (Å²) in [5.74, 6) is -2.85. The molecule has 4 N–H and O–H groups in total. The van der Waals surface area contributed by atoms with Crippen LogP contribution in [-0.4, -0.2) is 50.3 Å². The quantitative estimate of drug-likeness (QED) is 0.236. The lowest BCUT2D eigenvalue weighted by Crippen LogP contribution is -2.53. The molecular weight excluding hydrogens is 589 g/mol. The van der Waals surface area contributed by atoms with Gasteiger partial charge in [-0.3, -0.25) is 4.79 Å². The van der Waals surface area contributed by atoms with Gasteiger partial charge in [-0.1, -0.05) is 48.5 Å². The lowest BCUT2D eigenvalue weighted by Gasteiger charge is -2.35. The fourth-order valence-corrected chi connectivity index (χ4v) is 7.26. The first-order chi connectivity index (χ1) is 21.1. The predicted octanol–water partition coefficient (Wildman–Crippen LogP) is 4.80. The minimum absolute atomic E-state index is 0.143. The van der Waals surface area contributed by atoms with Crippen molar-refractivity contribution >= 4 is 21.6 Å². The predicted molar refractivity (Wildman–Crippen MR) is 163 cm³/mol. The maximum absolute atomic E-state index is 15.2. The number of piperazine rings is 1. The largest absolute Gasteiger partial charge is 0.324 e. The van der Waals surface area contributed by atoms with E-state index in [0.29, 0.717) is 30.6 Å². The molecule has 0 aliphatic carbocycles. The Morgan fingerprint density at radius 2 is 1.50 bits per heavy atom. The highest BCUT2D eigenvalue weighted by atomic mass is 32.2. The SMILES string of the molecule is NC(C(=O)Nc1cccc(F)c1CCC1CNCCN1S(=O)(=O)c1ccccc1)C(c1ccc(F)cc1)c1ccc(F)cc1. The molecule has 4 aromatic rings. The summed E-state index contributed by atoms with van der Waals surface area (Å²) in [4.78, 5) is 13.7. The van der Waals surface area contributed by atoms with Crippen LogP contribution in [0.15, 0.2) is 102 Å². The Labute approximate surface area is 254 Å². The number of nitrogens with two attached hydrogens (primary N) is 1. The summed E-state index contributed by atoms with van der Waals surface area (Å²) in [6, 6.07) is 21.9. The van der Waals surface area contributed by atoms with Crippen LogP contribution in [-0.2, 0) is 21.2 Å². The van der Waals surface area contributed by atoms with Gasteiger partial charge in [-0.05, 0) is 72.5 Å². The molecule has 4 aromatic carbocycles. The molecule has 1 amide bonds. The number of carbonyl (C=O) groups is 1. The Morgan fingerprint density at radius 3 is 2.11 bits per heavy atom. The maximum atomic E-state index is 15.2. The molecule has 2 atom stereocenters. The summed E-state index contributed by atoms with van der Waals surface area (Å²) < 4.78 is 70.8. The van der Waals surface area contributed by atoms with E-state index < -0.39 is 51.4 Å². The number of sulfonamides is 1. The van der Waals surface area contributed by atoms with Crippen LogP contribution in [0, 0.1) is 17.5 Å². The van der Waals surface area contributed by atoms with Crippen molar-refractivity contribution in [1.82, 2.24) is 9.62 Å². The molecule has 1 saturated heterocycles. The number of nitrogens with one attached hydrogen (secondary N) is 2. The number of hydrogen-bond donors (Lipinski definition) is 3. The first-order valence-corrected chi connectivity index (χ1v) is 15.7. The molecule has 2 unspecified atom stereocenters. The zero-order chi connectivity index (χ0) is 31.3. The smallest absolute Gasteiger partial charge is 0.243 e. The molecule has 0 spiro atoms. The number of rotatable bonds is 10. The fourth-order valence-electron chi connectivity index (χ4n) is 5.59. The van der Waals surface area contributed by atoms with Crippen LogP contribution in [0.1, 0.15) is 29.0 Å². The summed E-state index contributed by atoms with van der Waals surface area (Å²) in [5, 5.41) is 5.97. The minimum atomic E-state index is -3.77. The van der Waals surface area contributed by atoms with Gasteiger partial charge >= 0.3 is 0 Å². The van der Waals surface area contributed by atoms with Gasteiger partial charge in [-0.2, -0.15) is 4.31 Å². The van der Waals surface area contributed by atoms with Gasteiger partial charge in [-0.15, -0.1) is 0 Å². The van der Waals surface area contributed by atoms with Crippen molar-refractivity contribution in [1.29, 1.82) is 0 Å². The van der Waals surface area contributed by atoms with E-state index >= 15 is 4.39 Å². The summed E-state index contributed by atoms with van der Waals surface area (Å²) in [7, 11) is -3.77. The molecule has 1 aliphatic rings. The van der Waals surface area contributed by atoms with Gasteiger partial charge in [-0.25, -0.2) is 21.6 Å². The molecule has 1 heterocycles. The topological polar surface area (TPSA) is 105 Å². The lowest BCUT2D eigenvalue weighted by atomic mass is 9.85. The average Bonchev–Trinajstić information content (AvgIpc) is 3.03. The number of benzene rings is 4. The van der Waals surface area contributed by atoms with Crippen LogP contribution in [0.4, 0.5) is 18.9 Å². The Bertz CT molecular complexity index is 1640. The molecule has 11 heteroatoms. The number of carbonyl (C=O) groups excluding carboxylic acids is 1. The van der Waals surface area contributed by atoms with E-state index in [1.807, 2.05) is 0 Å². The van der Waals surface area contributed by atoms with Gasteiger partial charge in [0.05, 0.1) is 10.9 Å². The highest BCUT2D eigenvalue weighted by Gasteiger charge is 2.34. The zero-order valence-corrected chi connectivity index (χ0v) is 24.6. The number of anilines is 1. The third kappa shape index (κ3) is 7.02. The molecule has 5 rings (SSSR count). The molecule has 0 bridgehead atoms. The van der Waals surface area contributed by atoms with E-state index in [4.69, 9.17) is 5.73 Å². The molecule has 1 fully saturated rings. The minimum Gasteiger partial charge on any atom is -0.324 e. The number of nitrogens with zero attached hydrogens (tertiary/aromatic N) is 1. The van der Waals surface area contributed by atoms with Crippen molar-refractivity contribution in [2.24, 2.45) is 5.73 Å². The van der Waals surface area contributed by atoms with Crippen molar-refractivity contribution in [3.8, 4) is 0 Å². The molecule has 0 aromatic heterocycles. The van der Waals surface area contributed by atoms with Crippen LogP contribution < -0.4 is 16.4 Å². The normalized spacial score (nSPS) is 16.5. The van der Waals surface area contributed by atoms with Crippen molar-refractivity contribution in [2.45, 2.75) is 35.7 Å². The van der Waals surface area contributed by atoms with Gasteiger partial charge in [0, 0.05) is 42.8 Å². The number of amides is 1. The third-order valence-electron chi connectivity index (χ3n) is 7.87. The molecule has 44 heavy (non-hydrogen) atoms. The van der Waals surface area contributed by atoms with Crippen LogP contribution in [0.25, 0.3) is 0 Å². The highest BCUT2D eigenvalue weighted by molar-refractivity contribution is 7.89. The van der Waals surface area contributed by atoms with Crippen molar-refractivity contribution in [3.05, 3.63) is 131 Å². The van der Waals surface area contributed by atoms with Crippen LogP contribution >= 0.6 is 0 Å². The van der Waals surface area contributed by atoms with Gasteiger partial charge in [0.1, 0.15) is 17.5 Å². The average molecular weight is 623 g/mol. The number of hydrogen-bond acceptors (Lipinski definition) is 5. The van der Waals surface area contributed by atoms with E-state index in [9.17, 15) is 22.0 Å². The summed E-state index contributed by atoms with van der Waals surface area (Å²) in [6.07, 6.45) is 0.437. The van der Waals surface area contributed by atoms with Crippen LogP contribution in [0.3, 0.4) is 0 Å². The van der Waals surface area contributed by atoms with Crippen molar-refractivity contribution in [2.75, 3.05) is 25.0 Å². The van der Waals surface area contributed by atoms with Crippen molar-refractivity contribution in [3.63, 3.8) is 0 Å². The Morgan fingerprint density at radius 1 is 0.886 bits per heavy atom. The highest BCUT2D eigenvalue weighted by Crippen LogP contribution is 2.30. The Balaban J connectivity index is 1.36. The molecule has 7 nitrogen and oxygen atoms in total. The summed E-state index contributed by atoms with van der Waals surface area (Å²) in [5.41, 5.74) is 8.00. The van der Waals surface area contributed by atoms with E-state index in [0.717, 1.165) is 0 Å². The second-order valence-corrected chi connectivity index (χ2v) is 12.6. The van der Waals surface area contributed by atoms with Gasteiger partial charge < -0.3 is 16.4 Å². The molecule has 230 valence electrons. The Hall–Kier alpha value is -4.03. The van der Waals surface area contributed by atoms with Crippen molar-refractivity contribution < 1.29 is 26.4 Å². The second-order valence-electron chi connectivity index (χ2n) is 10.7. The summed E-state index contributed by atoms with van der Waals surface area (Å²) >= 11 is 0. The van der Waals surface area contributed by atoms with Gasteiger partial charge in [0.2, 0.25) is 15.9 Å². The van der Waals surface area contributed by atoms with E-state index in [2.05, 4.69) is 10.6 Å². The van der Waals surface area contributed by atoms with Crippen LogP contribution in [0.5, 0.6) is 0 Å². The molecular formula is C33H33F3N4O3S. The monoisotopic (exact) mass is 622 g/mol. The van der Waals surface area contributed by atoms with E-state index in [-0.39, 0.29) is 29.1 Å². The standard InChI is InChI=1S/C33H33F3N4O3S/c34-24-13-9-22(10-14-24)31(23-11-15-25(35)16-12-23)32(37)33(41)39-30-8-4-7-29(36)28(30)18-17-26-21-38-19-20-40(26)44(42,43)27-5-2-1-3-6-27/h1-16,26,31-32,38H,17-21,37H2,(H,39,41). The van der Waals surface area contributed by atoms with Gasteiger partial charge in [0.25, 0.3) is 0 Å². The molecule has 1 aliphatic heterocycles. The van der Waals surface area contributed by atoms with E-state index in [1.54, 1.807) is 36.4 Å². The fraction of sp³-hybridized carbons (Fsp3) is 0.242. The Kier molecular flexibility index (Phi) is 9.80. The second kappa shape index (κ2) is 13.7. The maximum Gasteiger partial charge on any atom is 0.243 e. The third-order valence-corrected chi connectivity index (χ3v) is 9.84.